The Morgan fingerprint density at radius 2 is 1.89 bits per heavy atom. The Morgan fingerprint density at radius 3 is 2.50 bits per heavy atom. The van der Waals surface area contributed by atoms with Gasteiger partial charge in [-0.3, -0.25) is 4.98 Å². The second-order valence-corrected chi connectivity index (χ2v) is 4.49. The van der Waals surface area contributed by atoms with E-state index in [1.54, 1.807) is 0 Å². The number of halogens is 1. The van der Waals surface area contributed by atoms with Crippen LogP contribution >= 0.6 is 0 Å². The molecule has 2 nitrogen and oxygen atoms in total. The van der Waals surface area contributed by atoms with Crippen molar-refractivity contribution in [3.8, 4) is 0 Å². The zero-order valence-electron chi connectivity index (χ0n) is 10.5. The van der Waals surface area contributed by atoms with Gasteiger partial charge in [-0.1, -0.05) is 18.2 Å². The van der Waals surface area contributed by atoms with Crippen molar-refractivity contribution in [3.63, 3.8) is 0 Å². The maximum Gasteiger partial charge on any atom is 0.147 e. The summed E-state index contributed by atoms with van der Waals surface area (Å²) in [4.78, 5) is 3.68. The number of hydrogen-bond donors (Lipinski definition) is 1. The van der Waals surface area contributed by atoms with Gasteiger partial charge in [-0.15, -0.1) is 0 Å². The van der Waals surface area contributed by atoms with E-state index in [-0.39, 0.29) is 0 Å². The molecule has 0 saturated carbocycles. The van der Waals surface area contributed by atoms with Gasteiger partial charge >= 0.3 is 0 Å². The monoisotopic (exact) mass is 245 g/mol. The minimum Gasteiger partial charge on any atom is -0.388 e. The number of benzene rings is 1. The Labute approximate surface area is 106 Å². The summed E-state index contributed by atoms with van der Waals surface area (Å²) in [6.45, 7) is 4.00. The van der Waals surface area contributed by atoms with Crippen molar-refractivity contribution in [2.45, 2.75) is 26.4 Å². The highest BCUT2D eigenvalue weighted by Gasteiger charge is 2.15. The number of pyridine rings is 1. The molecule has 1 aromatic heterocycles. The Hall–Kier alpha value is -1.74. The number of aliphatic hydroxyl groups excluding tert-OH is 1. The number of rotatable bonds is 3. The van der Waals surface area contributed by atoms with Crippen LogP contribution in [0.5, 0.6) is 0 Å². The average molecular weight is 245 g/mol. The fourth-order valence-corrected chi connectivity index (χ4v) is 2.13. The predicted octanol–water partition coefficient (Wildman–Crippen LogP) is 3.11. The lowest BCUT2D eigenvalue weighted by atomic mass is 9.95. The molecule has 0 radical (unpaired) electrons. The largest absolute Gasteiger partial charge is 0.388 e. The molecule has 0 bridgehead atoms. The van der Waals surface area contributed by atoms with Crippen molar-refractivity contribution in [1.82, 2.24) is 4.98 Å². The minimum absolute atomic E-state index is 0.299. The van der Waals surface area contributed by atoms with Gasteiger partial charge in [-0.25, -0.2) is 4.39 Å². The van der Waals surface area contributed by atoms with Gasteiger partial charge in [0.25, 0.3) is 0 Å². The zero-order chi connectivity index (χ0) is 13.1. The third-order valence-corrected chi connectivity index (χ3v) is 3.20. The summed E-state index contributed by atoms with van der Waals surface area (Å²) in [5, 5.41) is 10.1. The summed E-state index contributed by atoms with van der Waals surface area (Å²) in [5.41, 5.74) is 3.60. The first kappa shape index (κ1) is 12.7. The van der Waals surface area contributed by atoms with Gasteiger partial charge in [-0.05, 0) is 36.6 Å². The van der Waals surface area contributed by atoms with E-state index in [9.17, 15) is 9.50 Å². The van der Waals surface area contributed by atoms with E-state index in [2.05, 4.69) is 4.98 Å². The topological polar surface area (TPSA) is 33.1 Å². The molecule has 0 aliphatic heterocycles. The van der Waals surface area contributed by atoms with Crippen LogP contribution in [0.3, 0.4) is 0 Å². The van der Waals surface area contributed by atoms with Crippen LogP contribution in [0.25, 0.3) is 0 Å². The Kier molecular flexibility index (Phi) is 3.72. The molecule has 1 atom stereocenters. The molecule has 2 rings (SSSR count). The van der Waals surface area contributed by atoms with E-state index >= 15 is 0 Å². The van der Waals surface area contributed by atoms with E-state index < -0.39 is 11.9 Å². The Morgan fingerprint density at radius 1 is 1.22 bits per heavy atom. The summed E-state index contributed by atoms with van der Waals surface area (Å²) in [6.07, 6.45) is 2.20. The molecule has 1 unspecified atom stereocenters. The summed E-state index contributed by atoms with van der Waals surface area (Å²) in [7, 11) is 0. The van der Waals surface area contributed by atoms with Gasteiger partial charge < -0.3 is 5.11 Å². The first-order valence-electron chi connectivity index (χ1n) is 5.92. The fourth-order valence-electron chi connectivity index (χ4n) is 2.13. The molecular formula is C15H16FNO. The van der Waals surface area contributed by atoms with Crippen LogP contribution in [0.2, 0.25) is 0 Å². The van der Waals surface area contributed by atoms with E-state index in [1.165, 1.54) is 12.3 Å². The van der Waals surface area contributed by atoms with Gasteiger partial charge in [0.05, 0.1) is 12.3 Å². The van der Waals surface area contributed by atoms with E-state index in [0.29, 0.717) is 12.0 Å². The summed E-state index contributed by atoms with van der Waals surface area (Å²) >= 11 is 0. The fraction of sp³-hybridized carbons (Fsp3) is 0.267. The molecule has 1 heterocycles. The highest BCUT2D eigenvalue weighted by molar-refractivity contribution is 5.35. The minimum atomic E-state index is -0.840. The van der Waals surface area contributed by atoms with Crippen LogP contribution in [-0.2, 0) is 6.42 Å². The molecule has 0 saturated heterocycles. The molecule has 3 heteroatoms. The first-order chi connectivity index (χ1) is 8.59. The highest BCUT2D eigenvalue weighted by Crippen LogP contribution is 2.24. The third-order valence-electron chi connectivity index (χ3n) is 3.20. The third kappa shape index (κ3) is 2.57. The van der Waals surface area contributed by atoms with Crippen LogP contribution in [0.4, 0.5) is 4.39 Å². The SMILES string of the molecule is Cc1cccc(C)c1CC(O)c1ccncc1F. The smallest absolute Gasteiger partial charge is 0.147 e. The molecular weight excluding hydrogens is 229 g/mol. The number of hydrogen-bond acceptors (Lipinski definition) is 2. The first-order valence-corrected chi connectivity index (χ1v) is 5.92. The summed E-state index contributed by atoms with van der Waals surface area (Å²) in [5.74, 6) is -0.462. The molecule has 0 spiro atoms. The van der Waals surface area contributed by atoms with Crippen LogP contribution < -0.4 is 0 Å². The van der Waals surface area contributed by atoms with Crippen LogP contribution in [-0.4, -0.2) is 10.1 Å². The molecule has 18 heavy (non-hydrogen) atoms. The summed E-state index contributed by atoms with van der Waals surface area (Å²) in [6, 6.07) is 7.50. The van der Waals surface area contributed by atoms with Crippen LogP contribution in [0.15, 0.2) is 36.7 Å². The van der Waals surface area contributed by atoms with Gasteiger partial charge in [0.2, 0.25) is 0 Å². The number of aromatic nitrogens is 1. The zero-order valence-corrected chi connectivity index (χ0v) is 10.5. The van der Waals surface area contributed by atoms with Crippen LogP contribution in [0, 0.1) is 19.7 Å². The van der Waals surface area contributed by atoms with E-state index in [1.807, 2.05) is 32.0 Å². The molecule has 0 fully saturated rings. The van der Waals surface area contributed by atoms with Crippen LogP contribution in [0.1, 0.15) is 28.4 Å². The lowest BCUT2D eigenvalue weighted by Gasteiger charge is -2.15. The molecule has 1 aromatic carbocycles. The molecule has 0 aliphatic rings. The van der Waals surface area contributed by atoms with Crippen molar-refractivity contribution >= 4 is 0 Å². The molecule has 2 aromatic rings. The molecule has 0 aliphatic carbocycles. The molecule has 1 N–H and O–H groups in total. The standard InChI is InChI=1S/C15H16FNO/c1-10-4-3-5-11(2)13(10)8-15(18)12-6-7-17-9-14(12)16/h3-7,9,15,18H,8H2,1-2H3. The van der Waals surface area contributed by atoms with E-state index in [4.69, 9.17) is 0 Å². The number of nitrogens with zero attached hydrogens (tertiary/aromatic N) is 1. The van der Waals surface area contributed by atoms with Gasteiger partial charge in [0, 0.05) is 18.2 Å². The highest BCUT2D eigenvalue weighted by atomic mass is 19.1. The maximum atomic E-state index is 13.5. The van der Waals surface area contributed by atoms with Crippen molar-refractivity contribution in [2.75, 3.05) is 0 Å². The van der Waals surface area contributed by atoms with Crippen molar-refractivity contribution < 1.29 is 9.50 Å². The predicted molar refractivity (Wildman–Crippen MR) is 68.8 cm³/mol. The Balaban J connectivity index is 2.27. The number of aryl methyl sites for hydroxylation is 2. The number of aliphatic hydroxyl groups is 1. The molecule has 0 amide bonds. The lowest BCUT2D eigenvalue weighted by Crippen LogP contribution is -2.07. The van der Waals surface area contributed by atoms with Gasteiger partial charge in [0.15, 0.2) is 0 Å². The normalized spacial score (nSPS) is 12.4. The van der Waals surface area contributed by atoms with Crippen molar-refractivity contribution in [2.24, 2.45) is 0 Å². The average Bonchev–Trinajstić information content (AvgIpc) is 2.34. The Bertz CT molecular complexity index is 534. The van der Waals surface area contributed by atoms with E-state index in [0.717, 1.165) is 22.9 Å². The van der Waals surface area contributed by atoms with Crippen molar-refractivity contribution in [1.29, 1.82) is 0 Å². The second-order valence-electron chi connectivity index (χ2n) is 4.49. The van der Waals surface area contributed by atoms with Gasteiger partial charge in [-0.2, -0.15) is 0 Å². The summed E-state index contributed by atoms with van der Waals surface area (Å²) < 4.78 is 13.5. The van der Waals surface area contributed by atoms with Gasteiger partial charge in [0.1, 0.15) is 5.82 Å². The second kappa shape index (κ2) is 5.27. The molecule has 94 valence electrons. The quantitative estimate of drug-likeness (QED) is 0.901. The lowest BCUT2D eigenvalue weighted by molar-refractivity contribution is 0.173. The van der Waals surface area contributed by atoms with Crippen molar-refractivity contribution in [3.05, 3.63) is 64.7 Å². The maximum absolute atomic E-state index is 13.5.